The predicted octanol–water partition coefficient (Wildman–Crippen LogP) is 1.48. The fourth-order valence-electron chi connectivity index (χ4n) is 2.67. The molecule has 2 aliphatic rings. The summed E-state index contributed by atoms with van der Waals surface area (Å²) in [5.41, 5.74) is 0. The van der Waals surface area contributed by atoms with Crippen LogP contribution in [0.25, 0.3) is 0 Å². The molecule has 1 aliphatic carbocycles. The second-order valence-corrected chi connectivity index (χ2v) is 5.54. The third-order valence-corrected chi connectivity index (χ3v) is 3.88. The van der Waals surface area contributed by atoms with Gasteiger partial charge < -0.3 is 9.84 Å². The van der Waals surface area contributed by atoms with E-state index in [0.717, 1.165) is 37.4 Å². The molecule has 3 rings (SSSR count). The Bertz CT molecular complexity index is 388. The van der Waals surface area contributed by atoms with Gasteiger partial charge in [-0.2, -0.15) is 4.98 Å². The highest BCUT2D eigenvalue weighted by Gasteiger charge is 2.27. The molecule has 0 radical (unpaired) electrons. The SMILES string of the molecule is Cc1noc(CN2CCCCC2CNC2CC2)n1. The molecule has 5 heteroatoms. The highest BCUT2D eigenvalue weighted by Crippen LogP contribution is 2.22. The van der Waals surface area contributed by atoms with Crippen LogP contribution in [-0.2, 0) is 6.54 Å². The number of rotatable bonds is 5. The fraction of sp³-hybridized carbons (Fsp3) is 0.846. The number of likely N-dealkylation sites (tertiary alicyclic amines) is 1. The maximum Gasteiger partial charge on any atom is 0.240 e. The number of hydrogen-bond donors (Lipinski definition) is 1. The molecule has 2 heterocycles. The van der Waals surface area contributed by atoms with Crippen LogP contribution in [0, 0.1) is 6.92 Å². The zero-order valence-electron chi connectivity index (χ0n) is 11.1. The van der Waals surface area contributed by atoms with Crippen molar-refractivity contribution >= 4 is 0 Å². The Morgan fingerprint density at radius 3 is 2.94 bits per heavy atom. The quantitative estimate of drug-likeness (QED) is 0.858. The second-order valence-electron chi connectivity index (χ2n) is 5.54. The van der Waals surface area contributed by atoms with E-state index >= 15 is 0 Å². The van der Waals surface area contributed by atoms with E-state index in [0.29, 0.717) is 6.04 Å². The Morgan fingerprint density at radius 1 is 1.33 bits per heavy atom. The molecule has 0 bridgehead atoms. The average Bonchev–Trinajstić information content (AvgIpc) is 3.12. The Hall–Kier alpha value is -0.940. The van der Waals surface area contributed by atoms with Crippen molar-refractivity contribution in [2.24, 2.45) is 0 Å². The molecule has 5 nitrogen and oxygen atoms in total. The molecular weight excluding hydrogens is 228 g/mol. The van der Waals surface area contributed by atoms with Gasteiger partial charge in [0.1, 0.15) is 0 Å². The lowest BCUT2D eigenvalue weighted by Crippen LogP contribution is -2.45. The zero-order valence-corrected chi connectivity index (χ0v) is 11.1. The van der Waals surface area contributed by atoms with Gasteiger partial charge in [0.25, 0.3) is 0 Å². The summed E-state index contributed by atoms with van der Waals surface area (Å²) in [4.78, 5) is 6.80. The Kier molecular flexibility index (Phi) is 3.61. The lowest BCUT2D eigenvalue weighted by atomic mass is 10.0. The Balaban J connectivity index is 1.56. The third kappa shape index (κ3) is 3.09. The van der Waals surface area contributed by atoms with Crippen molar-refractivity contribution in [1.82, 2.24) is 20.4 Å². The number of piperidine rings is 1. The molecule has 100 valence electrons. The maximum atomic E-state index is 5.23. The summed E-state index contributed by atoms with van der Waals surface area (Å²) < 4.78 is 5.23. The van der Waals surface area contributed by atoms with Crippen LogP contribution < -0.4 is 5.32 Å². The van der Waals surface area contributed by atoms with Crippen LogP contribution in [0.4, 0.5) is 0 Å². The molecule has 0 spiro atoms. The van der Waals surface area contributed by atoms with Crippen LogP contribution in [0.2, 0.25) is 0 Å². The van der Waals surface area contributed by atoms with E-state index in [2.05, 4.69) is 20.4 Å². The minimum atomic E-state index is 0.631. The maximum absolute atomic E-state index is 5.23. The van der Waals surface area contributed by atoms with Crippen LogP contribution in [0.15, 0.2) is 4.52 Å². The largest absolute Gasteiger partial charge is 0.338 e. The summed E-state index contributed by atoms with van der Waals surface area (Å²) in [5, 5.41) is 7.50. The molecule has 1 atom stereocenters. The molecule has 1 saturated heterocycles. The van der Waals surface area contributed by atoms with E-state index in [1.165, 1.54) is 32.1 Å². The van der Waals surface area contributed by atoms with Crippen molar-refractivity contribution in [3.05, 3.63) is 11.7 Å². The van der Waals surface area contributed by atoms with Gasteiger partial charge in [0, 0.05) is 18.6 Å². The number of aryl methyl sites for hydroxylation is 1. The predicted molar refractivity (Wildman–Crippen MR) is 68.1 cm³/mol. The Labute approximate surface area is 108 Å². The van der Waals surface area contributed by atoms with Gasteiger partial charge in [-0.1, -0.05) is 11.6 Å². The van der Waals surface area contributed by atoms with Gasteiger partial charge in [0.05, 0.1) is 6.54 Å². The van der Waals surface area contributed by atoms with E-state index in [9.17, 15) is 0 Å². The molecule has 1 aliphatic heterocycles. The first-order valence-electron chi connectivity index (χ1n) is 7.08. The van der Waals surface area contributed by atoms with E-state index in [1.54, 1.807) is 0 Å². The first-order valence-corrected chi connectivity index (χ1v) is 7.08. The first kappa shape index (κ1) is 12.1. The first-order chi connectivity index (χ1) is 8.81. The van der Waals surface area contributed by atoms with Crippen molar-refractivity contribution in [3.63, 3.8) is 0 Å². The van der Waals surface area contributed by atoms with Gasteiger partial charge in [-0.15, -0.1) is 0 Å². The second kappa shape index (κ2) is 5.36. The van der Waals surface area contributed by atoms with Gasteiger partial charge in [-0.3, -0.25) is 4.90 Å². The van der Waals surface area contributed by atoms with Gasteiger partial charge in [-0.05, 0) is 39.2 Å². The normalized spacial score (nSPS) is 25.5. The number of nitrogens with one attached hydrogen (secondary N) is 1. The Morgan fingerprint density at radius 2 is 2.22 bits per heavy atom. The summed E-state index contributed by atoms with van der Waals surface area (Å²) in [6.07, 6.45) is 6.63. The van der Waals surface area contributed by atoms with Crippen LogP contribution >= 0.6 is 0 Å². The average molecular weight is 250 g/mol. The molecule has 1 aromatic heterocycles. The summed E-state index contributed by atoms with van der Waals surface area (Å²) in [5.74, 6) is 1.49. The highest BCUT2D eigenvalue weighted by atomic mass is 16.5. The van der Waals surface area contributed by atoms with Crippen molar-refractivity contribution in [2.45, 2.75) is 57.7 Å². The molecule has 1 N–H and O–H groups in total. The summed E-state index contributed by atoms with van der Waals surface area (Å²) in [6.45, 7) is 4.93. The fourth-order valence-corrected chi connectivity index (χ4v) is 2.67. The zero-order chi connectivity index (χ0) is 12.4. The van der Waals surface area contributed by atoms with Gasteiger partial charge in [0.15, 0.2) is 5.82 Å². The van der Waals surface area contributed by atoms with Crippen LogP contribution in [0.5, 0.6) is 0 Å². The van der Waals surface area contributed by atoms with Crippen LogP contribution in [-0.4, -0.2) is 40.2 Å². The van der Waals surface area contributed by atoms with E-state index < -0.39 is 0 Å². The van der Waals surface area contributed by atoms with Crippen molar-refractivity contribution < 1.29 is 4.52 Å². The monoisotopic (exact) mass is 250 g/mol. The number of aromatic nitrogens is 2. The number of nitrogens with zero attached hydrogens (tertiary/aromatic N) is 3. The summed E-state index contributed by atoms with van der Waals surface area (Å²) >= 11 is 0. The molecule has 0 aromatic carbocycles. The number of hydrogen-bond acceptors (Lipinski definition) is 5. The molecule has 1 unspecified atom stereocenters. The van der Waals surface area contributed by atoms with Crippen molar-refractivity contribution in [3.8, 4) is 0 Å². The summed E-state index contributed by atoms with van der Waals surface area (Å²) in [6, 6.07) is 1.42. The molecular formula is C13H22N4O. The molecule has 18 heavy (non-hydrogen) atoms. The van der Waals surface area contributed by atoms with E-state index in [-0.39, 0.29) is 0 Å². The van der Waals surface area contributed by atoms with Crippen molar-refractivity contribution in [2.75, 3.05) is 13.1 Å². The minimum absolute atomic E-state index is 0.631. The van der Waals surface area contributed by atoms with Gasteiger partial charge >= 0.3 is 0 Å². The molecule has 0 amide bonds. The third-order valence-electron chi connectivity index (χ3n) is 3.88. The lowest BCUT2D eigenvalue weighted by molar-refractivity contribution is 0.121. The van der Waals surface area contributed by atoms with Gasteiger partial charge in [-0.25, -0.2) is 0 Å². The molecule has 1 saturated carbocycles. The lowest BCUT2D eigenvalue weighted by Gasteiger charge is -2.34. The van der Waals surface area contributed by atoms with E-state index in [1.807, 2.05) is 6.92 Å². The highest BCUT2D eigenvalue weighted by molar-refractivity contribution is 4.89. The molecule has 2 fully saturated rings. The van der Waals surface area contributed by atoms with Gasteiger partial charge in [0.2, 0.25) is 5.89 Å². The van der Waals surface area contributed by atoms with Crippen molar-refractivity contribution in [1.29, 1.82) is 0 Å². The van der Waals surface area contributed by atoms with E-state index in [4.69, 9.17) is 4.52 Å². The topological polar surface area (TPSA) is 54.2 Å². The van der Waals surface area contributed by atoms with Crippen LogP contribution in [0.1, 0.15) is 43.8 Å². The van der Waals surface area contributed by atoms with Crippen LogP contribution in [0.3, 0.4) is 0 Å². The smallest absolute Gasteiger partial charge is 0.240 e. The minimum Gasteiger partial charge on any atom is -0.338 e. The summed E-state index contributed by atoms with van der Waals surface area (Å²) in [7, 11) is 0. The molecule has 1 aromatic rings. The standard InChI is InChI=1S/C13H22N4O/c1-10-15-13(18-16-10)9-17-7-3-2-4-12(17)8-14-11-5-6-11/h11-12,14H,2-9H2,1H3.